The van der Waals surface area contributed by atoms with Crippen LogP contribution < -0.4 is 5.32 Å². The fourth-order valence-electron chi connectivity index (χ4n) is 3.14. The van der Waals surface area contributed by atoms with Crippen molar-refractivity contribution in [3.63, 3.8) is 0 Å². The zero-order chi connectivity index (χ0) is 16.5. The first-order chi connectivity index (χ1) is 11.8. The molecule has 3 aromatic rings. The quantitative estimate of drug-likeness (QED) is 0.769. The molecule has 1 saturated heterocycles. The third kappa shape index (κ3) is 2.56. The van der Waals surface area contributed by atoms with E-state index in [1.807, 2.05) is 48.3 Å². The molecular formula is C17H19N5O2. The number of hydrogen-bond donors (Lipinski definition) is 2. The highest BCUT2D eigenvalue weighted by Crippen LogP contribution is 2.29. The van der Waals surface area contributed by atoms with Gasteiger partial charge in [-0.2, -0.15) is 10.2 Å². The van der Waals surface area contributed by atoms with Gasteiger partial charge in [0.1, 0.15) is 6.10 Å². The first-order valence-corrected chi connectivity index (χ1v) is 8.14. The lowest BCUT2D eigenvalue weighted by Crippen LogP contribution is -2.37. The van der Waals surface area contributed by atoms with Crippen LogP contribution in [0.2, 0.25) is 0 Å². The summed E-state index contributed by atoms with van der Waals surface area (Å²) in [5.41, 5.74) is 2.26. The van der Waals surface area contributed by atoms with Gasteiger partial charge in [-0.25, -0.2) is 0 Å². The summed E-state index contributed by atoms with van der Waals surface area (Å²) < 4.78 is 7.68. The number of carbonyl (C=O) groups is 1. The molecule has 1 fully saturated rings. The smallest absolute Gasteiger partial charge is 0.272 e. The molecule has 0 saturated carbocycles. The molecular weight excluding hydrogens is 306 g/mol. The molecule has 1 aliphatic rings. The molecule has 3 heterocycles. The predicted octanol–water partition coefficient (Wildman–Crippen LogP) is 2.04. The van der Waals surface area contributed by atoms with Gasteiger partial charge in [0, 0.05) is 30.3 Å². The highest BCUT2D eigenvalue weighted by atomic mass is 16.5. The maximum Gasteiger partial charge on any atom is 0.272 e. The Balaban J connectivity index is 1.54. The van der Waals surface area contributed by atoms with Gasteiger partial charge in [0.25, 0.3) is 5.91 Å². The van der Waals surface area contributed by atoms with Crippen molar-refractivity contribution in [2.45, 2.75) is 32.0 Å². The molecule has 1 amide bonds. The Morgan fingerprint density at radius 1 is 1.46 bits per heavy atom. The monoisotopic (exact) mass is 325 g/mol. The molecule has 24 heavy (non-hydrogen) atoms. The number of ether oxygens (including phenoxy) is 1. The van der Waals surface area contributed by atoms with Gasteiger partial charge in [-0.3, -0.25) is 14.6 Å². The number of hydrogen-bond acceptors (Lipinski definition) is 4. The van der Waals surface area contributed by atoms with E-state index in [0.29, 0.717) is 12.3 Å². The summed E-state index contributed by atoms with van der Waals surface area (Å²) in [5.74, 6) is -0.184. The number of aromatic amines is 1. The largest absolute Gasteiger partial charge is 0.371 e. The van der Waals surface area contributed by atoms with Crippen molar-refractivity contribution in [3.8, 4) is 0 Å². The highest BCUT2D eigenvalue weighted by molar-refractivity contribution is 6.04. The molecule has 124 valence electrons. The Morgan fingerprint density at radius 3 is 3.17 bits per heavy atom. The van der Waals surface area contributed by atoms with Gasteiger partial charge < -0.3 is 10.1 Å². The molecule has 1 aromatic carbocycles. The lowest BCUT2D eigenvalue weighted by molar-refractivity contribution is 0.0819. The molecule has 2 N–H and O–H groups in total. The predicted molar refractivity (Wildman–Crippen MR) is 88.6 cm³/mol. The number of carbonyl (C=O) groups excluding carboxylic acids is 1. The number of aromatic nitrogens is 4. The van der Waals surface area contributed by atoms with Crippen LogP contribution in [0.4, 0.5) is 0 Å². The minimum atomic E-state index is -0.184. The van der Waals surface area contributed by atoms with Crippen molar-refractivity contribution < 1.29 is 9.53 Å². The van der Waals surface area contributed by atoms with Crippen LogP contribution in [0.1, 0.15) is 35.5 Å². The maximum absolute atomic E-state index is 12.6. The summed E-state index contributed by atoms with van der Waals surface area (Å²) in [7, 11) is 0. The minimum Gasteiger partial charge on any atom is -0.371 e. The summed E-state index contributed by atoms with van der Waals surface area (Å²) in [6, 6.07) is 7.52. The van der Waals surface area contributed by atoms with Crippen LogP contribution in [-0.4, -0.2) is 38.5 Å². The van der Waals surface area contributed by atoms with Crippen molar-refractivity contribution in [2.24, 2.45) is 0 Å². The van der Waals surface area contributed by atoms with Crippen LogP contribution in [0.25, 0.3) is 10.9 Å². The van der Waals surface area contributed by atoms with E-state index in [1.165, 1.54) is 0 Å². The Bertz CT molecular complexity index is 869. The number of benzene rings is 1. The molecule has 0 aliphatic carbocycles. The van der Waals surface area contributed by atoms with E-state index in [4.69, 9.17) is 4.74 Å². The Kier molecular flexibility index (Phi) is 3.78. The fraction of sp³-hybridized carbons (Fsp3) is 0.353. The molecule has 0 unspecified atom stereocenters. The van der Waals surface area contributed by atoms with Crippen LogP contribution in [0.3, 0.4) is 0 Å². The zero-order valence-electron chi connectivity index (χ0n) is 13.4. The second-order valence-electron chi connectivity index (χ2n) is 5.91. The summed E-state index contributed by atoms with van der Waals surface area (Å²) in [6.07, 6.45) is 4.39. The number of H-pyrrole nitrogens is 1. The zero-order valence-corrected chi connectivity index (χ0v) is 13.4. The lowest BCUT2D eigenvalue weighted by Gasteiger charge is -2.18. The summed E-state index contributed by atoms with van der Waals surface area (Å²) in [4.78, 5) is 12.6. The van der Waals surface area contributed by atoms with Crippen molar-refractivity contribution in [1.29, 1.82) is 0 Å². The molecule has 4 rings (SSSR count). The van der Waals surface area contributed by atoms with E-state index >= 15 is 0 Å². The molecule has 0 radical (unpaired) electrons. The van der Waals surface area contributed by atoms with Gasteiger partial charge in [0.15, 0.2) is 5.69 Å². The van der Waals surface area contributed by atoms with Gasteiger partial charge in [-0.1, -0.05) is 18.2 Å². The number of aryl methyl sites for hydroxylation is 1. The van der Waals surface area contributed by atoms with E-state index in [9.17, 15) is 4.79 Å². The van der Waals surface area contributed by atoms with Gasteiger partial charge >= 0.3 is 0 Å². The Hall–Kier alpha value is -2.67. The molecule has 2 atom stereocenters. The van der Waals surface area contributed by atoms with Crippen molar-refractivity contribution in [3.05, 3.63) is 47.9 Å². The number of amides is 1. The second kappa shape index (κ2) is 6.09. The van der Waals surface area contributed by atoms with Gasteiger partial charge in [0.05, 0.1) is 17.8 Å². The highest BCUT2D eigenvalue weighted by Gasteiger charge is 2.32. The topological polar surface area (TPSA) is 84.8 Å². The summed E-state index contributed by atoms with van der Waals surface area (Å²) in [6.45, 7) is 3.46. The number of fused-ring (bicyclic) bond motifs is 1. The standard InChI is InChI=1S/C17H19N5O2/c1-2-22-10-11(9-18-22)16-14(7-8-24-16)19-17(23)15-12-5-3-4-6-13(12)20-21-15/h3-6,9-10,14,16H,2,7-8H2,1H3,(H,19,23)(H,20,21)/t14-,16+/m0/s1. The maximum atomic E-state index is 12.6. The van der Waals surface area contributed by atoms with E-state index in [1.54, 1.807) is 0 Å². The third-order valence-electron chi connectivity index (χ3n) is 4.40. The van der Waals surface area contributed by atoms with Crippen LogP contribution in [0, 0.1) is 0 Å². The summed E-state index contributed by atoms with van der Waals surface area (Å²) >= 11 is 0. The van der Waals surface area contributed by atoms with Crippen LogP contribution in [-0.2, 0) is 11.3 Å². The molecule has 1 aliphatic heterocycles. The van der Waals surface area contributed by atoms with E-state index in [2.05, 4.69) is 20.6 Å². The van der Waals surface area contributed by atoms with Crippen LogP contribution in [0.15, 0.2) is 36.7 Å². The van der Waals surface area contributed by atoms with E-state index in [-0.39, 0.29) is 18.1 Å². The van der Waals surface area contributed by atoms with Crippen molar-refractivity contribution in [2.75, 3.05) is 6.61 Å². The number of rotatable bonds is 4. The van der Waals surface area contributed by atoms with E-state index in [0.717, 1.165) is 29.4 Å². The molecule has 7 nitrogen and oxygen atoms in total. The van der Waals surface area contributed by atoms with Crippen molar-refractivity contribution >= 4 is 16.8 Å². The van der Waals surface area contributed by atoms with Crippen molar-refractivity contribution in [1.82, 2.24) is 25.3 Å². The number of nitrogens with zero attached hydrogens (tertiary/aromatic N) is 3. The lowest BCUT2D eigenvalue weighted by atomic mass is 10.1. The number of para-hydroxylation sites is 1. The third-order valence-corrected chi connectivity index (χ3v) is 4.40. The molecule has 7 heteroatoms. The van der Waals surface area contributed by atoms with Gasteiger partial charge in [-0.05, 0) is 19.4 Å². The summed E-state index contributed by atoms with van der Waals surface area (Å²) in [5, 5.41) is 15.2. The first kappa shape index (κ1) is 14.9. The molecule has 0 bridgehead atoms. The average molecular weight is 325 g/mol. The van der Waals surface area contributed by atoms with E-state index < -0.39 is 0 Å². The second-order valence-corrected chi connectivity index (χ2v) is 5.91. The first-order valence-electron chi connectivity index (χ1n) is 8.14. The minimum absolute atomic E-state index is 0.0810. The van der Waals surface area contributed by atoms with Crippen LogP contribution in [0.5, 0.6) is 0 Å². The number of nitrogens with one attached hydrogen (secondary N) is 2. The van der Waals surface area contributed by atoms with Crippen LogP contribution >= 0.6 is 0 Å². The fourth-order valence-corrected chi connectivity index (χ4v) is 3.14. The Morgan fingerprint density at radius 2 is 2.33 bits per heavy atom. The van der Waals surface area contributed by atoms with Gasteiger partial charge in [-0.15, -0.1) is 0 Å². The SMILES string of the molecule is CCn1cc([C@H]2OCC[C@@H]2NC(=O)c2n[nH]c3ccccc23)cn1. The molecule has 0 spiro atoms. The van der Waals surface area contributed by atoms with Gasteiger partial charge in [0.2, 0.25) is 0 Å². The normalized spacial score (nSPS) is 20.5. The molecule has 2 aromatic heterocycles. The average Bonchev–Trinajstić information content (AvgIpc) is 3.33. The Labute approximate surface area is 139 Å².